The fourth-order valence-electron chi connectivity index (χ4n) is 0. The van der Waals surface area contributed by atoms with Crippen molar-refractivity contribution in [2.24, 2.45) is 0 Å². The normalized spacial score (nSPS) is 4.50. The molecule has 0 rings (SSSR count). The van der Waals surface area contributed by atoms with E-state index in [4.69, 9.17) is 0 Å². The van der Waals surface area contributed by atoms with Crippen LogP contribution in [0.2, 0.25) is 0 Å². The molecule has 2 heteroatoms. The molecular formula is C2H4AuF. The van der Waals surface area contributed by atoms with Crippen LogP contribution in [0.4, 0.5) is 4.39 Å². The molecule has 4 heavy (non-hydrogen) atoms. The van der Waals surface area contributed by atoms with Gasteiger partial charge in [-0.2, -0.15) is 0 Å². The molecule has 30 valence electrons. The van der Waals surface area contributed by atoms with E-state index in [9.17, 15) is 4.39 Å². The zero-order valence-electron chi connectivity index (χ0n) is 2.09. The van der Waals surface area contributed by atoms with E-state index in [1.165, 1.54) is 0 Å². The van der Waals surface area contributed by atoms with Crippen molar-refractivity contribution in [3.8, 4) is 0 Å². The van der Waals surface area contributed by atoms with E-state index < -0.39 is 6.67 Å². The van der Waals surface area contributed by atoms with Crippen molar-refractivity contribution in [1.82, 2.24) is 0 Å². The van der Waals surface area contributed by atoms with Crippen LogP contribution in [0.15, 0.2) is 0 Å². The minimum Gasteiger partial charge on any atom is -0.313 e. The molecule has 0 spiro atoms. The molecule has 0 aromatic carbocycles. The number of hydrogen-bond donors (Lipinski definition) is 0. The van der Waals surface area contributed by atoms with Crippen molar-refractivity contribution >= 4 is 0 Å². The van der Waals surface area contributed by atoms with E-state index in [-0.39, 0.29) is 22.4 Å². The summed E-state index contributed by atoms with van der Waals surface area (Å²) in [5.41, 5.74) is 0. The SMILES string of the molecule is [Au+].[CH2-]CF. The Balaban J connectivity index is 0. The van der Waals surface area contributed by atoms with Crippen LogP contribution in [0.3, 0.4) is 0 Å². The maximum atomic E-state index is 10.2. The van der Waals surface area contributed by atoms with E-state index in [0.717, 1.165) is 0 Å². The van der Waals surface area contributed by atoms with Gasteiger partial charge in [0.15, 0.2) is 0 Å². The summed E-state index contributed by atoms with van der Waals surface area (Å²) < 4.78 is 10.2. The predicted molar refractivity (Wildman–Crippen MR) is 11.3 cm³/mol. The van der Waals surface area contributed by atoms with Gasteiger partial charge in [-0.05, 0) is 6.67 Å². The van der Waals surface area contributed by atoms with E-state index >= 15 is 0 Å². The molecular weight excluding hydrogens is 240 g/mol. The Morgan fingerprint density at radius 3 is 1.75 bits per heavy atom. The largest absolute Gasteiger partial charge is 1.00 e. The second-order valence-electron chi connectivity index (χ2n) is 0.189. The second-order valence-corrected chi connectivity index (χ2v) is 0.189. The van der Waals surface area contributed by atoms with E-state index in [0.29, 0.717) is 0 Å². The first-order chi connectivity index (χ1) is 1.41. The summed E-state index contributed by atoms with van der Waals surface area (Å²) in [6.45, 7) is 2.32. The standard InChI is InChI=1S/C2H4F.Au/c1-2-3;/h1-2H2;/q-1;+1. The summed E-state index contributed by atoms with van der Waals surface area (Å²) in [6, 6.07) is 0. The zero-order chi connectivity index (χ0) is 2.71. The quantitative estimate of drug-likeness (QED) is 0.436. The molecule has 0 nitrogen and oxygen atoms in total. The summed E-state index contributed by atoms with van der Waals surface area (Å²) in [4.78, 5) is 0. The van der Waals surface area contributed by atoms with Gasteiger partial charge >= 0.3 is 22.4 Å². The van der Waals surface area contributed by atoms with Crippen LogP contribution in [0.25, 0.3) is 0 Å². The molecule has 0 saturated heterocycles. The minimum absolute atomic E-state index is 0. The molecule has 0 aliphatic heterocycles. The van der Waals surface area contributed by atoms with E-state index in [1.807, 2.05) is 0 Å². The zero-order valence-corrected chi connectivity index (χ0v) is 4.26. The van der Waals surface area contributed by atoms with Crippen molar-refractivity contribution in [2.75, 3.05) is 6.67 Å². The topological polar surface area (TPSA) is 0 Å². The van der Waals surface area contributed by atoms with Crippen molar-refractivity contribution in [1.29, 1.82) is 0 Å². The summed E-state index contributed by atoms with van der Waals surface area (Å²) in [6.07, 6.45) is 0. The Labute approximate surface area is 40.9 Å². The monoisotopic (exact) mass is 244 g/mol. The van der Waals surface area contributed by atoms with Gasteiger partial charge in [0.25, 0.3) is 0 Å². The van der Waals surface area contributed by atoms with Crippen LogP contribution in [-0.4, -0.2) is 6.67 Å². The van der Waals surface area contributed by atoms with E-state index in [1.54, 1.807) is 0 Å². The number of rotatable bonds is 0. The summed E-state index contributed by atoms with van der Waals surface area (Å²) in [5, 5.41) is 0. The Bertz CT molecular complexity index is 6.00. The summed E-state index contributed by atoms with van der Waals surface area (Å²) in [7, 11) is 0. The average Bonchev–Trinajstić information content (AvgIpc) is 0.918. The molecule has 0 amide bonds. The van der Waals surface area contributed by atoms with Gasteiger partial charge < -0.3 is 6.92 Å². The molecule has 0 aliphatic carbocycles. The number of hydrogen-bond acceptors (Lipinski definition) is 0. The second kappa shape index (κ2) is 9.38. The number of halogens is 1. The molecule has 0 N–H and O–H groups in total. The molecule has 0 bridgehead atoms. The van der Waals surface area contributed by atoms with Crippen molar-refractivity contribution in [3.63, 3.8) is 0 Å². The van der Waals surface area contributed by atoms with Crippen LogP contribution in [0.5, 0.6) is 0 Å². The summed E-state index contributed by atoms with van der Waals surface area (Å²) >= 11 is 0. The van der Waals surface area contributed by atoms with Crippen LogP contribution >= 0.6 is 0 Å². The fourth-order valence-corrected chi connectivity index (χ4v) is 0. The third-order valence-corrected chi connectivity index (χ3v) is 0. The van der Waals surface area contributed by atoms with Gasteiger partial charge in [-0.1, -0.05) is 0 Å². The minimum atomic E-state index is -0.500. The molecule has 0 fully saturated rings. The Morgan fingerprint density at radius 1 is 1.75 bits per heavy atom. The Morgan fingerprint density at radius 2 is 1.75 bits per heavy atom. The van der Waals surface area contributed by atoms with E-state index in [2.05, 4.69) is 6.92 Å². The first-order valence-corrected chi connectivity index (χ1v) is 0.767. The molecule has 0 aliphatic rings. The summed E-state index contributed by atoms with van der Waals surface area (Å²) in [5.74, 6) is 0. The van der Waals surface area contributed by atoms with Crippen molar-refractivity contribution < 1.29 is 26.8 Å². The first-order valence-electron chi connectivity index (χ1n) is 0.767. The third kappa shape index (κ3) is 16.6. The van der Waals surface area contributed by atoms with Crippen LogP contribution in [-0.2, 0) is 22.4 Å². The van der Waals surface area contributed by atoms with Crippen LogP contribution in [0, 0.1) is 6.92 Å². The number of alkyl halides is 1. The Hall–Kier alpha value is 0.670. The first kappa shape index (κ1) is 8.82. The molecule has 0 aromatic rings. The predicted octanol–water partition coefficient (Wildman–Crippen LogP) is 0.787. The van der Waals surface area contributed by atoms with Gasteiger partial charge in [0.2, 0.25) is 0 Å². The van der Waals surface area contributed by atoms with Gasteiger partial charge in [-0.15, -0.1) is 0 Å². The van der Waals surface area contributed by atoms with Crippen molar-refractivity contribution in [2.45, 2.75) is 0 Å². The van der Waals surface area contributed by atoms with Crippen LogP contribution in [0.1, 0.15) is 0 Å². The van der Waals surface area contributed by atoms with Crippen molar-refractivity contribution in [3.05, 3.63) is 6.92 Å². The molecule has 0 atom stereocenters. The molecule has 0 aromatic heterocycles. The molecule has 0 heterocycles. The maximum Gasteiger partial charge on any atom is 1.00 e. The van der Waals surface area contributed by atoms with Gasteiger partial charge in [0.05, 0.1) is 0 Å². The molecule has 0 saturated carbocycles. The van der Waals surface area contributed by atoms with Gasteiger partial charge in [-0.3, -0.25) is 4.39 Å². The maximum absolute atomic E-state index is 10.2. The Kier molecular flexibility index (Phi) is 20.7. The fraction of sp³-hybridized carbons (Fsp3) is 0.500. The van der Waals surface area contributed by atoms with Gasteiger partial charge in [-0.25, -0.2) is 0 Å². The van der Waals surface area contributed by atoms with Crippen LogP contribution < -0.4 is 0 Å². The van der Waals surface area contributed by atoms with Gasteiger partial charge in [0, 0.05) is 0 Å². The molecule has 0 radical (unpaired) electrons. The smallest absolute Gasteiger partial charge is 0.313 e. The van der Waals surface area contributed by atoms with Gasteiger partial charge in [0.1, 0.15) is 0 Å². The third-order valence-electron chi connectivity index (χ3n) is 0. The molecule has 0 unspecified atom stereocenters. The average molecular weight is 244 g/mol.